The molecule has 0 unspecified atom stereocenters. The number of benzene rings is 2. The van der Waals surface area contributed by atoms with Gasteiger partial charge in [-0.15, -0.1) is 0 Å². The number of nitrogens with one attached hydrogen (secondary N) is 1. The first-order valence-electron chi connectivity index (χ1n) is 6.53. The molecule has 0 atom stereocenters. The predicted octanol–water partition coefficient (Wildman–Crippen LogP) is 2.90. The van der Waals surface area contributed by atoms with Gasteiger partial charge in [0.1, 0.15) is 5.75 Å². The number of ether oxygens (including phenoxy) is 2. The van der Waals surface area contributed by atoms with Gasteiger partial charge in [-0.25, -0.2) is 4.79 Å². The van der Waals surface area contributed by atoms with Gasteiger partial charge in [0, 0.05) is 5.69 Å². The number of para-hydroxylation sites is 2. The summed E-state index contributed by atoms with van der Waals surface area (Å²) in [7, 11) is 0. The zero-order chi connectivity index (χ0) is 15.8. The molecule has 0 spiro atoms. The number of amides is 1. The van der Waals surface area contributed by atoms with Crippen molar-refractivity contribution >= 4 is 29.2 Å². The normalized spacial score (nSPS) is 9.86. The van der Waals surface area contributed by atoms with Gasteiger partial charge in [0.05, 0.1) is 5.02 Å². The molecule has 0 aliphatic heterocycles. The molecule has 0 bridgehead atoms. The third-order valence-corrected chi connectivity index (χ3v) is 2.92. The maximum absolute atomic E-state index is 11.6. The molecule has 0 saturated carbocycles. The average Bonchev–Trinajstić information content (AvgIpc) is 2.53. The molecule has 0 aromatic heterocycles. The molecule has 0 fully saturated rings. The first-order valence-corrected chi connectivity index (χ1v) is 6.91. The van der Waals surface area contributed by atoms with Crippen molar-refractivity contribution in [3.63, 3.8) is 0 Å². The summed E-state index contributed by atoms with van der Waals surface area (Å²) in [6.45, 7) is -0.693. The summed E-state index contributed by atoms with van der Waals surface area (Å²) in [5.41, 5.74) is 0.635. The number of esters is 1. The van der Waals surface area contributed by atoms with E-state index in [1.165, 1.54) is 0 Å². The highest BCUT2D eigenvalue weighted by Crippen LogP contribution is 2.22. The molecule has 2 rings (SSSR count). The Kier molecular flexibility index (Phi) is 5.80. The van der Waals surface area contributed by atoms with E-state index in [2.05, 4.69) is 5.32 Å². The lowest BCUT2D eigenvalue weighted by molar-refractivity contribution is -0.149. The van der Waals surface area contributed by atoms with Crippen LogP contribution in [0, 0.1) is 0 Å². The molecule has 0 heterocycles. The van der Waals surface area contributed by atoms with Crippen LogP contribution in [0.15, 0.2) is 54.6 Å². The van der Waals surface area contributed by atoms with Crippen LogP contribution in [0.25, 0.3) is 0 Å². The second-order valence-corrected chi connectivity index (χ2v) is 4.70. The van der Waals surface area contributed by atoms with Crippen LogP contribution in [0.5, 0.6) is 5.75 Å². The second kappa shape index (κ2) is 8.05. The molecular formula is C16H14ClNO4. The predicted molar refractivity (Wildman–Crippen MR) is 83.0 cm³/mol. The van der Waals surface area contributed by atoms with Gasteiger partial charge in [0.2, 0.25) is 0 Å². The molecule has 6 heteroatoms. The third kappa shape index (κ3) is 5.10. The van der Waals surface area contributed by atoms with E-state index >= 15 is 0 Å². The number of hydrogen-bond acceptors (Lipinski definition) is 4. The maximum atomic E-state index is 11.6. The van der Waals surface area contributed by atoms with Crippen molar-refractivity contribution in [2.75, 3.05) is 18.5 Å². The highest BCUT2D eigenvalue weighted by atomic mass is 35.5. The van der Waals surface area contributed by atoms with Crippen LogP contribution < -0.4 is 10.1 Å². The zero-order valence-electron chi connectivity index (χ0n) is 11.6. The van der Waals surface area contributed by atoms with Crippen LogP contribution in [0.4, 0.5) is 5.69 Å². The molecule has 2 aromatic carbocycles. The lowest BCUT2D eigenvalue weighted by Gasteiger charge is -2.08. The Bertz CT molecular complexity index is 646. The van der Waals surface area contributed by atoms with E-state index in [0.717, 1.165) is 0 Å². The van der Waals surface area contributed by atoms with Crippen LogP contribution in [0.3, 0.4) is 0 Å². The quantitative estimate of drug-likeness (QED) is 0.831. The second-order valence-electron chi connectivity index (χ2n) is 4.29. The summed E-state index contributed by atoms with van der Waals surface area (Å²) in [5, 5.41) is 3.00. The van der Waals surface area contributed by atoms with Gasteiger partial charge in [0.15, 0.2) is 13.2 Å². The first kappa shape index (κ1) is 15.9. The molecular weight excluding hydrogens is 306 g/mol. The third-order valence-electron chi connectivity index (χ3n) is 2.60. The molecule has 2 aromatic rings. The molecule has 114 valence electrons. The van der Waals surface area contributed by atoms with Crippen molar-refractivity contribution in [3.05, 3.63) is 59.6 Å². The van der Waals surface area contributed by atoms with Crippen LogP contribution in [0.1, 0.15) is 0 Å². The van der Waals surface area contributed by atoms with Crippen molar-refractivity contribution in [2.24, 2.45) is 0 Å². The zero-order valence-corrected chi connectivity index (χ0v) is 12.4. The van der Waals surface area contributed by atoms with E-state index in [4.69, 9.17) is 21.1 Å². The summed E-state index contributed by atoms with van der Waals surface area (Å²) in [6.07, 6.45) is 0. The number of anilines is 1. The number of hydrogen-bond donors (Lipinski definition) is 1. The molecule has 1 amide bonds. The van der Waals surface area contributed by atoms with Gasteiger partial charge in [0.25, 0.3) is 5.91 Å². The maximum Gasteiger partial charge on any atom is 0.344 e. The van der Waals surface area contributed by atoms with E-state index in [-0.39, 0.29) is 13.2 Å². The fourth-order valence-corrected chi connectivity index (χ4v) is 1.80. The number of halogens is 1. The summed E-state index contributed by atoms with van der Waals surface area (Å²) in [5.74, 6) is -0.685. The summed E-state index contributed by atoms with van der Waals surface area (Å²) in [4.78, 5) is 23.1. The fourth-order valence-electron chi connectivity index (χ4n) is 1.60. The Morgan fingerprint density at radius 3 is 2.36 bits per heavy atom. The molecule has 0 aliphatic carbocycles. The van der Waals surface area contributed by atoms with Gasteiger partial charge in [-0.2, -0.15) is 0 Å². The summed E-state index contributed by atoms with van der Waals surface area (Å²) in [6, 6.07) is 15.7. The van der Waals surface area contributed by atoms with Crippen molar-refractivity contribution in [1.29, 1.82) is 0 Å². The van der Waals surface area contributed by atoms with Gasteiger partial charge in [-0.3, -0.25) is 4.79 Å². The van der Waals surface area contributed by atoms with Gasteiger partial charge < -0.3 is 14.8 Å². The fraction of sp³-hybridized carbons (Fsp3) is 0.125. The highest BCUT2D eigenvalue weighted by Gasteiger charge is 2.09. The van der Waals surface area contributed by atoms with E-state index in [1.807, 2.05) is 6.07 Å². The molecule has 0 radical (unpaired) electrons. The van der Waals surface area contributed by atoms with E-state index in [1.54, 1.807) is 48.5 Å². The van der Waals surface area contributed by atoms with Gasteiger partial charge in [-0.1, -0.05) is 41.9 Å². The minimum absolute atomic E-state index is 0.317. The van der Waals surface area contributed by atoms with Crippen LogP contribution in [-0.2, 0) is 14.3 Å². The molecule has 1 N–H and O–H groups in total. The van der Waals surface area contributed by atoms with Crippen LogP contribution in [0.2, 0.25) is 5.02 Å². The Morgan fingerprint density at radius 1 is 0.955 bits per heavy atom. The lowest BCUT2D eigenvalue weighted by atomic mass is 10.3. The van der Waals surface area contributed by atoms with Crippen molar-refractivity contribution in [1.82, 2.24) is 0 Å². The molecule has 0 aliphatic rings. The van der Waals surface area contributed by atoms with E-state index in [9.17, 15) is 9.59 Å². The Morgan fingerprint density at radius 2 is 1.64 bits per heavy atom. The van der Waals surface area contributed by atoms with Crippen LogP contribution >= 0.6 is 11.6 Å². The standard InChI is InChI=1S/C16H14ClNO4/c17-13-8-4-5-9-14(13)21-11-16(20)22-10-15(19)18-12-6-2-1-3-7-12/h1-9H,10-11H2,(H,18,19). The van der Waals surface area contributed by atoms with E-state index in [0.29, 0.717) is 16.5 Å². The Hall–Kier alpha value is -2.53. The summed E-state index contributed by atoms with van der Waals surface area (Å²) < 4.78 is 10.0. The Labute approximate surface area is 132 Å². The topological polar surface area (TPSA) is 64.6 Å². The highest BCUT2D eigenvalue weighted by molar-refractivity contribution is 6.32. The monoisotopic (exact) mass is 319 g/mol. The van der Waals surface area contributed by atoms with Crippen molar-refractivity contribution in [2.45, 2.75) is 0 Å². The number of carbonyl (C=O) groups is 2. The Balaban J connectivity index is 1.71. The molecule has 0 saturated heterocycles. The van der Waals surface area contributed by atoms with Crippen molar-refractivity contribution < 1.29 is 19.1 Å². The smallest absolute Gasteiger partial charge is 0.344 e. The van der Waals surface area contributed by atoms with Gasteiger partial charge >= 0.3 is 5.97 Å². The molecule has 22 heavy (non-hydrogen) atoms. The van der Waals surface area contributed by atoms with Gasteiger partial charge in [-0.05, 0) is 24.3 Å². The minimum atomic E-state index is -0.650. The lowest BCUT2D eigenvalue weighted by Crippen LogP contribution is -2.23. The molecule has 5 nitrogen and oxygen atoms in total. The summed E-state index contributed by atoms with van der Waals surface area (Å²) >= 11 is 5.88. The minimum Gasteiger partial charge on any atom is -0.480 e. The van der Waals surface area contributed by atoms with E-state index < -0.39 is 11.9 Å². The largest absolute Gasteiger partial charge is 0.480 e. The number of carbonyl (C=O) groups excluding carboxylic acids is 2. The average molecular weight is 320 g/mol. The SMILES string of the molecule is O=C(COC(=O)COc1ccccc1Cl)Nc1ccccc1. The first-order chi connectivity index (χ1) is 10.6. The van der Waals surface area contributed by atoms with Crippen molar-refractivity contribution in [3.8, 4) is 5.75 Å². The van der Waals surface area contributed by atoms with Crippen LogP contribution in [-0.4, -0.2) is 25.1 Å². The number of rotatable bonds is 6.